The predicted octanol–water partition coefficient (Wildman–Crippen LogP) is 4.34. The second-order valence-corrected chi connectivity index (χ2v) is 10.1. The number of carbonyl (C=O) groups excluding carboxylic acids is 2. The van der Waals surface area contributed by atoms with E-state index >= 15 is 0 Å². The molecule has 33 heavy (non-hydrogen) atoms. The molecule has 3 N–H and O–H groups in total. The summed E-state index contributed by atoms with van der Waals surface area (Å²) >= 11 is 1.67. The first-order valence-electron chi connectivity index (χ1n) is 10.1. The maximum Gasteiger partial charge on any atom is 0.255 e. The smallest absolute Gasteiger partial charge is 0.255 e. The van der Waals surface area contributed by atoms with Crippen molar-refractivity contribution in [3.8, 4) is 5.75 Å². The molecule has 0 unspecified atom stereocenters. The molecule has 2 aromatic carbocycles. The van der Waals surface area contributed by atoms with Crippen molar-refractivity contribution in [1.82, 2.24) is 0 Å². The number of hydrogen-bond acceptors (Lipinski definition) is 6. The van der Waals surface area contributed by atoms with Gasteiger partial charge in [0.1, 0.15) is 5.75 Å². The second kappa shape index (κ2) is 11.0. The molecule has 1 aromatic heterocycles. The highest BCUT2D eigenvalue weighted by Gasteiger charge is 2.13. The summed E-state index contributed by atoms with van der Waals surface area (Å²) in [5.74, 6) is -0.197. The van der Waals surface area contributed by atoms with E-state index in [1.165, 1.54) is 18.1 Å². The van der Waals surface area contributed by atoms with Crippen LogP contribution in [0.3, 0.4) is 0 Å². The van der Waals surface area contributed by atoms with Gasteiger partial charge in [0, 0.05) is 28.2 Å². The maximum atomic E-state index is 12.7. The van der Waals surface area contributed by atoms with Gasteiger partial charge in [-0.2, -0.15) is 0 Å². The minimum atomic E-state index is -3.53. The van der Waals surface area contributed by atoms with Crippen molar-refractivity contribution >= 4 is 50.2 Å². The van der Waals surface area contributed by atoms with Crippen molar-refractivity contribution in [2.75, 3.05) is 28.7 Å². The fourth-order valence-corrected chi connectivity index (χ4v) is 4.42. The largest absolute Gasteiger partial charge is 0.495 e. The van der Waals surface area contributed by atoms with Gasteiger partial charge in [-0.05, 0) is 60.7 Å². The SMILES string of the molecule is COc1ccc(NC(=O)c2cccc(NC(=O)CCCc3cccs3)c2)cc1NS(C)(=O)=O. The van der Waals surface area contributed by atoms with E-state index in [1.54, 1.807) is 47.7 Å². The molecule has 8 nitrogen and oxygen atoms in total. The molecule has 2 amide bonds. The number of carbonyl (C=O) groups is 2. The quantitative estimate of drug-likeness (QED) is 0.394. The number of nitrogens with one attached hydrogen (secondary N) is 3. The van der Waals surface area contributed by atoms with Crippen LogP contribution in [0.2, 0.25) is 0 Å². The van der Waals surface area contributed by atoms with E-state index in [-0.39, 0.29) is 11.6 Å². The zero-order chi connectivity index (χ0) is 23.8. The summed E-state index contributed by atoms with van der Waals surface area (Å²) in [6.07, 6.45) is 3.01. The molecule has 0 aliphatic heterocycles. The molecule has 0 aliphatic carbocycles. The number of anilines is 3. The van der Waals surface area contributed by atoms with Crippen LogP contribution in [0.5, 0.6) is 5.75 Å². The van der Waals surface area contributed by atoms with Gasteiger partial charge in [-0.1, -0.05) is 12.1 Å². The zero-order valence-corrected chi connectivity index (χ0v) is 19.9. The number of benzene rings is 2. The topological polar surface area (TPSA) is 114 Å². The molecular formula is C23H25N3O5S2. The first-order valence-corrected chi connectivity index (χ1v) is 12.9. The standard InChI is InChI=1S/C23H25N3O5S2/c1-31-21-12-11-18(15-20(21)26-33(2,29)30)25-23(28)16-6-3-7-17(14-16)24-22(27)10-4-8-19-9-5-13-32-19/h3,5-7,9,11-15,26H,4,8,10H2,1-2H3,(H,24,27)(H,25,28). The number of amides is 2. The van der Waals surface area contributed by atoms with E-state index in [0.29, 0.717) is 29.1 Å². The van der Waals surface area contributed by atoms with Crippen molar-refractivity contribution in [2.45, 2.75) is 19.3 Å². The van der Waals surface area contributed by atoms with Gasteiger partial charge in [0.25, 0.3) is 5.91 Å². The van der Waals surface area contributed by atoms with Gasteiger partial charge >= 0.3 is 0 Å². The van der Waals surface area contributed by atoms with Crippen molar-refractivity contribution < 1.29 is 22.7 Å². The van der Waals surface area contributed by atoms with Crippen LogP contribution < -0.4 is 20.1 Å². The van der Waals surface area contributed by atoms with Crippen molar-refractivity contribution in [3.63, 3.8) is 0 Å². The number of aryl methyl sites for hydroxylation is 1. The van der Waals surface area contributed by atoms with E-state index in [9.17, 15) is 18.0 Å². The second-order valence-electron chi connectivity index (χ2n) is 7.31. The summed E-state index contributed by atoms with van der Waals surface area (Å²) in [5.41, 5.74) is 1.47. The van der Waals surface area contributed by atoms with Gasteiger partial charge < -0.3 is 15.4 Å². The van der Waals surface area contributed by atoms with E-state index in [2.05, 4.69) is 15.4 Å². The molecule has 0 radical (unpaired) electrons. The molecule has 174 valence electrons. The Balaban J connectivity index is 1.62. The van der Waals surface area contributed by atoms with Crippen LogP contribution in [0.4, 0.5) is 17.1 Å². The lowest BCUT2D eigenvalue weighted by Gasteiger charge is -2.13. The molecular weight excluding hydrogens is 462 g/mol. The lowest BCUT2D eigenvalue weighted by atomic mass is 10.1. The fraction of sp³-hybridized carbons (Fsp3) is 0.217. The summed E-state index contributed by atoms with van der Waals surface area (Å²) < 4.78 is 30.7. The van der Waals surface area contributed by atoms with Gasteiger partial charge in [0.2, 0.25) is 15.9 Å². The summed E-state index contributed by atoms with van der Waals surface area (Å²) in [7, 11) is -2.11. The van der Waals surface area contributed by atoms with E-state index < -0.39 is 15.9 Å². The third kappa shape index (κ3) is 7.62. The highest BCUT2D eigenvalue weighted by molar-refractivity contribution is 7.92. The van der Waals surface area contributed by atoms with Crippen molar-refractivity contribution in [2.24, 2.45) is 0 Å². The number of thiophene rings is 1. The number of hydrogen-bond donors (Lipinski definition) is 3. The Kier molecular flexibility index (Phi) is 8.07. The minimum Gasteiger partial charge on any atom is -0.495 e. The Hall–Kier alpha value is -3.37. The van der Waals surface area contributed by atoms with Crippen LogP contribution in [0, 0.1) is 0 Å². The molecule has 3 aromatic rings. The number of sulfonamides is 1. The molecule has 0 fully saturated rings. The average Bonchev–Trinajstić information content (AvgIpc) is 3.26. The van der Waals surface area contributed by atoms with Gasteiger partial charge in [0.15, 0.2) is 0 Å². The monoisotopic (exact) mass is 487 g/mol. The van der Waals surface area contributed by atoms with Crippen LogP contribution >= 0.6 is 11.3 Å². The summed E-state index contributed by atoms with van der Waals surface area (Å²) in [5, 5.41) is 7.56. The van der Waals surface area contributed by atoms with E-state index in [1.807, 2.05) is 17.5 Å². The maximum absolute atomic E-state index is 12.7. The van der Waals surface area contributed by atoms with Gasteiger partial charge in [0.05, 0.1) is 19.1 Å². The molecule has 0 saturated carbocycles. The van der Waals surface area contributed by atoms with Crippen LogP contribution in [-0.2, 0) is 21.2 Å². The fourth-order valence-electron chi connectivity index (χ4n) is 3.11. The Bertz CT molecular complexity index is 1220. The van der Waals surface area contributed by atoms with Gasteiger partial charge in [-0.15, -0.1) is 11.3 Å². The zero-order valence-electron chi connectivity index (χ0n) is 18.3. The Morgan fingerprint density at radius 2 is 1.79 bits per heavy atom. The van der Waals surface area contributed by atoms with Gasteiger partial charge in [-0.25, -0.2) is 8.42 Å². The average molecular weight is 488 g/mol. The summed E-state index contributed by atoms with van der Waals surface area (Å²) in [6, 6.07) is 15.3. The third-order valence-corrected chi connectivity index (χ3v) is 6.10. The van der Waals surface area contributed by atoms with Crippen molar-refractivity contribution in [1.29, 1.82) is 0 Å². The van der Waals surface area contributed by atoms with E-state index in [0.717, 1.165) is 19.1 Å². The molecule has 0 bridgehead atoms. The van der Waals surface area contributed by atoms with Crippen LogP contribution in [-0.4, -0.2) is 33.6 Å². The molecule has 0 spiro atoms. The highest BCUT2D eigenvalue weighted by Crippen LogP contribution is 2.29. The van der Waals surface area contributed by atoms with Crippen LogP contribution in [0.15, 0.2) is 60.0 Å². The third-order valence-electron chi connectivity index (χ3n) is 4.57. The molecule has 3 rings (SSSR count). The van der Waals surface area contributed by atoms with Crippen LogP contribution in [0.1, 0.15) is 28.1 Å². The first-order chi connectivity index (χ1) is 15.7. The Morgan fingerprint density at radius 3 is 2.48 bits per heavy atom. The lowest BCUT2D eigenvalue weighted by Crippen LogP contribution is -2.15. The van der Waals surface area contributed by atoms with E-state index in [4.69, 9.17) is 4.74 Å². The van der Waals surface area contributed by atoms with Crippen molar-refractivity contribution in [3.05, 3.63) is 70.4 Å². The molecule has 0 aliphatic rings. The minimum absolute atomic E-state index is 0.115. The molecule has 1 heterocycles. The summed E-state index contributed by atoms with van der Waals surface area (Å²) in [6.45, 7) is 0. The highest BCUT2D eigenvalue weighted by atomic mass is 32.2. The summed E-state index contributed by atoms with van der Waals surface area (Å²) in [4.78, 5) is 26.2. The molecule has 0 saturated heterocycles. The normalized spacial score (nSPS) is 11.0. The Labute approximate surface area is 197 Å². The number of ether oxygens (including phenoxy) is 1. The molecule has 10 heteroatoms. The number of rotatable bonds is 10. The Morgan fingerprint density at radius 1 is 1.00 bits per heavy atom. The van der Waals surface area contributed by atoms with Crippen LogP contribution in [0.25, 0.3) is 0 Å². The lowest BCUT2D eigenvalue weighted by molar-refractivity contribution is -0.116. The number of methoxy groups -OCH3 is 1. The molecule has 0 atom stereocenters. The first kappa shape index (κ1) is 24.3. The predicted molar refractivity (Wildman–Crippen MR) is 132 cm³/mol. The van der Waals surface area contributed by atoms with Gasteiger partial charge in [-0.3, -0.25) is 14.3 Å².